The van der Waals surface area contributed by atoms with Gasteiger partial charge in [-0.15, -0.1) is 0 Å². The number of morpholine rings is 1. The van der Waals surface area contributed by atoms with E-state index in [4.69, 9.17) is 9.47 Å². The fourth-order valence-electron chi connectivity index (χ4n) is 3.78. The summed E-state index contributed by atoms with van der Waals surface area (Å²) >= 11 is 0. The van der Waals surface area contributed by atoms with Crippen molar-refractivity contribution in [2.24, 2.45) is 18.9 Å². The molecule has 134 valence electrons. The Bertz CT molecular complexity index is 685. The van der Waals surface area contributed by atoms with E-state index < -0.39 is 10.0 Å². The lowest BCUT2D eigenvalue weighted by Gasteiger charge is -2.35. The minimum Gasteiger partial charge on any atom is -0.381 e. The molecule has 1 aromatic heterocycles. The van der Waals surface area contributed by atoms with E-state index in [-0.39, 0.29) is 17.2 Å². The lowest BCUT2D eigenvalue weighted by atomic mass is 10.1. The molecule has 0 unspecified atom stereocenters. The van der Waals surface area contributed by atoms with Crippen LogP contribution in [0.15, 0.2) is 17.6 Å². The van der Waals surface area contributed by atoms with E-state index in [0.29, 0.717) is 25.7 Å². The summed E-state index contributed by atoms with van der Waals surface area (Å²) in [7, 11) is -1.79. The van der Waals surface area contributed by atoms with Gasteiger partial charge in [0.1, 0.15) is 0 Å². The molecule has 1 saturated heterocycles. The molecule has 2 aliphatic carbocycles. The van der Waals surface area contributed by atoms with Crippen molar-refractivity contribution in [1.82, 2.24) is 13.9 Å². The van der Waals surface area contributed by atoms with E-state index in [9.17, 15) is 8.42 Å². The monoisotopic (exact) mass is 355 g/mol. The van der Waals surface area contributed by atoms with E-state index in [1.54, 1.807) is 22.1 Å². The third-order valence-electron chi connectivity index (χ3n) is 5.24. The van der Waals surface area contributed by atoms with Crippen LogP contribution in [0, 0.1) is 11.8 Å². The molecule has 1 aromatic rings. The predicted molar refractivity (Wildman–Crippen MR) is 86.9 cm³/mol. The lowest BCUT2D eigenvalue weighted by molar-refractivity contribution is -0.0253. The number of ether oxygens (including phenoxy) is 2. The quantitative estimate of drug-likeness (QED) is 0.762. The number of imidazole rings is 1. The smallest absolute Gasteiger partial charge is 0.262 e. The molecular formula is C16H25N3O4S. The summed E-state index contributed by atoms with van der Waals surface area (Å²) in [6.45, 7) is 2.41. The maximum Gasteiger partial charge on any atom is 0.262 e. The number of nitrogens with zero attached hydrogens (tertiary/aromatic N) is 3. The number of aryl methyl sites for hydroxylation is 1. The molecule has 0 spiro atoms. The van der Waals surface area contributed by atoms with E-state index in [1.165, 1.54) is 19.2 Å². The highest BCUT2D eigenvalue weighted by atomic mass is 32.2. The minimum absolute atomic E-state index is 0.0215. The number of sulfonamides is 1. The molecule has 7 nitrogen and oxygen atoms in total. The summed E-state index contributed by atoms with van der Waals surface area (Å²) in [6.07, 6.45) is 7.32. The Morgan fingerprint density at radius 2 is 2.08 bits per heavy atom. The molecule has 0 aromatic carbocycles. The molecule has 0 bridgehead atoms. The Balaban J connectivity index is 1.44. The van der Waals surface area contributed by atoms with Crippen molar-refractivity contribution in [2.45, 2.75) is 42.9 Å². The van der Waals surface area contributed by atoms with Crippen LogP contribution in [0.25, 0.3) is 0 Å². The minimum atomic E-state index is -3.56. The molecule has 24 heavy (non-hydrogen) atoms. The maximum absolute atomic E-state index is 12.9. The average molecular weight is 355 g/mol. The number of aromatic nitrogens is 2. The van der Waals surface area contributed by atoms with Crippen LogP contribution in [-0.4, -0.2) is 60.8 Å². The van der Waals surface area contributed by atoms with Crippen LogP contribution in [0.5, 0.6) is 0 Å². The van der Waals surface area contributed by atoms with Gasteiger partial charge in [-0.25, -0.2) is 13.4 Å². The Labute approximate surface area is 143 Å². The Hall–Kier alpha value is -0.960. The zero-order chi connectivity index (χ0) is 16.7. The zero-order valence-electron chi connectivity index (χ0n) is 14.0. The number of hydrogen-bond acceptors (Lipinski definition) is 5. The first-order valence-electron chi connectivity index (χ1n) is 8.73. The first-order chi connectivity index (χ1) is 11.5. The maximum atomic E-state index is 12.9. The molecule has 8 heteroatoms. The molecule has 3 atom stereocenters. The third-order valence-corrected chi connectivity index (χ3v) is 7.05. The van der Waals surface area contributed by atoms with Crippen molar-refractivity contribution in [3.05, 3.63) is 12.5 Å². The van der Waals surface area contributed by atoms with Gasteiger partial charge in [0.25, 0.3) is 10.0 Å². The normalized spacial score (nSPS) is 31.3. The van der Waals surface area contributed by atoms with Crippen molar-refractivity contribution < 1.29 is 17.9 Å². The average Bonchev–Trinajstić information content (AvgIpc) is 3.10. The highest BCUT2D eigenvalue weighted by Gasteiger charge is 2.46. The molecule has 0 amide bonds. The molecule has 2 saturated carbocycles. The van der Waals surface area contributed by atoms with Gasteiger partial charge in [0.05, 0.1) is 25.1 Å². The van der Waals surface area contributed by atoms with Crippen molar-refractivity contribution in [3.8, 4) is 0 Å². The second kappa shape index (κ2) is 6.40. The third kappa shape index (κ3) is 3.24. The second-order valence-corrected chi connectivity index (χ2v) is 9.13. The highest BCUT2D eigenvalue weighted by Crippen LogP contribution is 2.37. The topological polar surface area (TPSA) is 73.7 Å². The van der Waals surface area contributed by atoms with Gasteiger partial charge in [-0.2, -0.15) is 4.31 Å². The van der Waals surface area contributed by atoms with Crippen molar-refractivity contribution >= 4 is 10.0 Å². The Morgan fingerprint density at radius 1 is 1.29 bits per heavy atom. The summed E-state index contributed by atoms with van der Waals surface area (Å²) in [5, 5.41) is 0.124. The van der Waals surface area contributed by atoms with Gasteiger partial charge in [-0.1, -0.05) is 0 Å². The van der Waals surface area contributed by atoms with Crippen molar-refractivity contribution in [1.29, 1.82) is 0 Å². The van der Waals surface area contributed by atoms with Crippen LogP contribution >= 0.6 is 0 Å². The van der Waals surface area contributed by atoms with E-state index >= 15 is 0 Å². The molecule has 3 aliphatic rings. The van der Waals surface area contributed by atoms with Gasteiger partial charge >= 0.3 is 0 Å². The van der Waals surface area contributed by atoms with Crippen LogP contribution in [0.4, 0.5) is 0 Å². The molecule has 1 aliphatic heterocycles. The summed E-state index contributed by atoms with van der Waals surface area (Å²) in [5.74, 6) is 1.13. The van der Waals surface area contributed by atoms with Crippen LogP contribution < -0.4 is 0 Å². The van der Waals surface area contributed by atoms with Crippen LogP contribution in [-0.2, 0) is 26.5 Å². The standard InChI is InChI=1S/C16H25N3O4S/c1-18-8-16(17-11-18)24(20,21)19-4-5-23-15-7-13(6-14(15)19)10-22-9-12-2-3-12/h8,11-15H,2-7,9-10H2,1H3/t13-,14+,15-/m1/s1. The van der Waals surface area contributed by atoms with Gasteiger partial charge < -0.3 is 14.0 Å². The van der Waals surface area contributed by atoms with Gasteiger partial charge in [0.2, 0.25) is 0 Å². The fraction of sp³-hybridized carbons (Fsp3) is 0.812. The molecule has 0 N–H and O–H groups in total. The van der Waals surface area contributed by atoms with Crippen LogP contribution in [0.1, 0.15) is 25.7 Å². The van der Waals surface area contributed by atoms with E-state index in [0.717, 1.165) is 25.4 Å². The molecular weight excluding hydrogens is 330 g/mol. The number of hydrogen-bond donors (Lipinski definition) is 0. The first kappa shape index (κ1) is 16.5. The van der Waals surface area contributed by atoms with Gasteiger partial charge in [-0.05, 0) is 37.5 Å². The summed E-state index contributed by atoms with van der Waals surface area (Å²) in [5.41, 5.74) is 0. The Morgan fingerprint density at radius 3 is 2.79 bits per heavy atom. The van der Waals surface area contributed by atoms with E-state index in [2.05, 4.69) is 4.98 Å². The van der Waals surface area contributed by atoms with Crippen LogP contribution in [0.3, 0.4) is 0 Å². The molecule has 2 heterocycles. The first-order valence-corrected chi connectivity index (χ1v) is 10.2. The van der Waals surface area contributed by atoms with E-state index in [1.807, 2.05) is 0 Å². The summed E-state index contributed by atoms with van der Waals surface area (Å²) in [4.78, 5) is 4.04. The van der Waals surface area contributed by atoms with Crippen molar-refractivity contribution in [3.63, 3.8) is 0 Å². The summed E-state index contributed by atoms with van der Waals surface area (Å²) in [6, 6.07) is -0.0970. The second-order valence-electron chi connectivity index (χ2n) is 7.29. The largest absolute Gasteiger partial charge is 0.381 e. The Kier molecular flexibility index (Phi) is 4.40. The lowest BCUT2D eigenvalue weighted by Crippen LogP contribution is -2.51. The highest BCUT2D eigenvalue weighted by molar-refractivity contribution is 7.89. The van der Waals surface area contributed by atoms with Crippen molar-refractivity contribution in [2.75, 3.05) is 26.4 Å². The fourth-order valence-corrected chi connectivity index (χ4v) is 5.39. The number of rotatable bonds is 6. The van der Waals surface area contributed by atoms with Gasteiger partial charge in [0, 0.05) is 33.0 Å². The predicted octanol–water partition coefficient (Wildman–Crippen LogP) is 1.01. The zero-order valence-corrected chi connectivity index (χ0v) is 14.8. The molecule has 0 radical (unpaired) electrons. The van der Waals surface area contributed by atoms with Gasteiger partial charge in [-0.3, -0.25) is 0 Å². The summed E-state index contributed by atoms with van der Waals surface area (Å²) < 4.78 is 40.8. The molecule has 3 fully saturated rings. The van der Waals surface area contributed by atoms with Gasteiger partial charge in [0.15, 0.2) is 5.03 Å². The SMILES string of the molecule is Cn1cnc(S(=O)(=O)N2CCO[C@@H]3C[C@H](COCC4CC4)C[C@@H]32)c1. The number of fused-ring (bicyclic) bond motifs is 1. The molecule has 4 rings (SSSR count). The van der Waals surface area contributed by atoms with Crippen LogP contribution in [0.2, 0.25) is 0 Å².